The van der Waals surface area contributed by atoms with Gasteiger partial charge in [0.25, 0.3) is 5.56 Å². The molecule has 30 heavy (non-hydrogen) atoms. The Bertz CT molecular complexity index is 1130. The lowest BCUT2D eigenvalue weighted by atomic mass is 9.97. The number of hydrogen-bond acceptors (Lipinski definition) is 5. The Kier molecular flexibility index (Phi) is 6.15. The number of rotatable bonds is 6. The highest BCUT2D eigenvalue weighted by molar-refractivity contribution is 7.10. The number of H-pyrrole nitrogens is 1. The molecule has 1 fully saturated rings. The van der Waals surface area contributed by atoms with Crippen LogP contribution in [0.1, 0.15) is 30.7 Å². The first-order valence-corrected chi connectivity index (χ1v) is 11.2. The number of piperidine rings is 1. The summed E-state index contributed by atoms with van der Waals surface area (Å²) in [4.78, 5) is 43.0. The minimum atomic E-state index is -0.575. The van der Waals surface area contributed by atoms with Crippen LogP contribution < -0.4 is 16.6 Å². The SMILES string of the molecule is CC1CCN(C(CNC(=O)Cn2c(=O)[nH]c(=O)c3ccccc32)c2cccs2)CC1. The first-order valence-electron chi connectivity index (χ1n) is 10.3. The Balaban J connectivity index is 1.49. The molecule has 2 N–H and O–H groups in total. The molecule has 3 aromatic rings. The van der Waals surface area contributed by atoms with E-state index in [1.165, 1.54) is 9.44 Å². The van der Waals surface area contributed by atoms with Gasteiger partial charge in [0.05, 0.1) is 16.9 Å². The monoisotopic (exact) mass is 426 g/mol. The van der Waals surface area contributed by atoms with Crippen molar-refractivity contribution in [3.8, 4) is 0 Å². The lowest BCUT2D eigenvalue weighted by molar-refractivity contribution is -0.122. The molecule has 1 aromatic carbocycles. The summed E-state index contributed by atoms with van der Waals surface area (Å²) in [5.74, 6) is 0.487. The molecule has 1 unspecified atom stereocenters. The van der Waals surface area contributed by atoms with Crippen LogP contribution in [0.5, 0.6) is 0 Å². The minimum Gasteiger partial charge on any atom is -0.353 e. The van der Waals surface area contributed by atoms with Crippen LogP contribution in [0.3, 0.4) is 0 Å². The topological polar surface area (TPSA) is 87.2 Å². The summed E-state index contributed by atoms with van der Waals surface area (Å²) in [6.45, 7) is 4.67. The molecule has 1 saturated heterocycles. The molecule has 1 aliphatic heterocycles. The summed E-state index contributed by atoms with van der Waals surface area (Å²) in [7, 11) is 0. The van der Waals surface area contributed by atoms with E-state index in [1.54, 1.807) is 35.6 Å². The number of aromatic nitrogens is 2. The van der Waals surface area contributed by atoms with E-state index in [0.29, 0.717) is 17.4 Å². The van der Waals surface area contributed by atoms with E-state index in [4.69, 9.17) is 0 Å². The van der Waals surface area contributed by atoms with E-state index >= 15 is 0 Å². The number of carbonyl (C=O) groups is 1. The van der Waals surface area contributed by atoms with Crippen LogP contribution in [0.4, 0.5) is 0 Å². The van der Waals surface area contributed by atoms with Crippen LogP contribution in [-0.2, 0) is 11.3 Å². The third kappa shape index (κ3) is 4.39. The lowest BCUT2D eigenvalue weighted by Gasteiger charge is -2.36. The van der Waals surface area contributed by atoms with Crippen molar-refractivity contribution in [3.05, 3.63) is 67.5 Å². The third-order valence-electron chi connectivity index (χ3n) is 5.83. The van der Waals surface area contributed by atoms with Crippen LogP contribution in [0.2, 0.25) is 0 Å². The first kappa shape index (κ1) is 20.6. The molecule has 2 aromatic heterocycles. The molecule has 0 bridgehead atoms. The smallest absolute Gasteiger partial charge is 0.329 e. The Morgan fingerprint density at radius 3 is 2.70 bits per heavy atom. The van der Waals surface area contributed by atoms with Crippen LogP contribution in [0, 0.1) is 5.92 Å². The number of benzene rings is 1. The van der Waals surface area contributed by atoms with Gasteiger partial charge >= 0.3 is 5.69 Å². The highest BCUT2D eigenvalue weighted by Gasteiger charge is 2.25. The standard InChI is InChI=1S/C22H26N4O3S/c1-15-8-10-25(11-9-15)18(19-7-4-12-30-19)13-23-20(27)14-26-17-6-3-2-5-16(17)21(28)24-22(26)29/h2-7,12,15,18H,8-11,13-14H2,1H3,(H,23,27)(H,24,28,29). The lowest BCUT2D eigenvalue weighted by Crippen LogP contribution is -2.43. The second-order valence-corrected chi connectivity index (χ2v) is 8.90. The number of hydrogen-bond donors (Lipinski definition) is 2. The fraction of sp³-hybridized carbons (Fsp3) is 0.409. The first-order chi connectivity index (χ1) is 14.5. The Labute approximate surface area is 178 Å². The van der Waals surface area contributed by atoms with E-state index < -0.39 is 11.2 Å². The summed E-state index contributed by atoms with van der Waals surface area (Å²) in [6.07, 6.45) is 2.32. The molecule has 158 valence electrons. The number of thiophene rings is 1. The summed E-state index contributed by atoms with van der Waals surface area (Å²) in [5.41, 5.74) is -0.556. The van der Waals surface area contributed by atoms with E-state index in [-0.39, 0.29) is 18.5 Å². The molecule has 0 spiro atoms. The summed E-state index contributed by atoms with van der Waals surface area (Å²) < 4.78 is 1.31. The minimum absolute atomic E-state index is 0.130. The Morgan fingerprint density at radius 1 is 1.20 bits per heavy atom. The molecule has 1 amide bonds. The highest BCUT2D eigenvalue weighted by Crippen LogP contribution is 2.29. The van der Waals surface area contributed by atoms with Crippen LogP contribution in [0.15, 0.2) is 51.4 Å². The van der Waals surface area contributed by atoms with Gasteiger partial charge in [-0.1, -0.05) is 25.1 Å². The average Bonchev–Trinajstić information content (AvgIpc) is 3.27. The van der Waals surface area contributed by atoms with Gasteiger partial charge in [-0.3, -0.25) is 24.0 Å². The maximum atomic E-state index is 12.7. The number of aromatic amines is 1. The maximum absolute atomic E-state index is 12.7. The van der Waals surface area contributed by atoms with Crippen LogP contribution in [-0.4, -0.2) is 40.0 Å². The quantitative estimate of drug-likeness (QED) is 0.633. The molecular formula is C22H26N4O3S. The van der Waals surface area contributed by atoms with Crippen LogP contribution >= 0.6 is 11.3 Å². The van der Waals surface area contributed by atoms with Gasteiger partial charge in [-0.15, -0.1) is 11.3 Å². The number of nitrogens with one attached hydrogen (secondary N) is 2. The molecular weight excluding hydrogens is 400 g/mol. The van der Waals surface area contributed by atoms with Gasteiger partial charge in [0.2, 0.25) is 5.91 Å². The number of para-hydroxylation sites is 1. The van der Waals surface area contributed by atoms with E-state index in [2.05, 4.69) is 33.6 Å². The molecule has 7 nitrogen and oxygen atoms in total. The van der Waals surface area contributed by atoms with Gasteiger partial charge in [-0.2, -0.15) is 0 Å². The average molecular weight is 427 g/mol. The molecule has 0 saturated carbocycles. The van der Waals surface area contributed by atoms with Crippen LogP contribution in [0.25, 0.3) is 10.9 Å². The number of likely N-dealkylation sites (tertiary alicyclic amines) is 1. The number of amides is 1. The number of fused-ring (bicyclic) bond motifs is 1. The Hall–Kier alpha value is -2.71. The zero-order chi connectivity index (χ0) is 21.1. The second kappa shape index (κ2) is 8.97. The summed E-state index contributed by atoms with van der Waals surface area (Å²) >= 11 is 1.70. The molecule has 1 aliphatic rings. The van der Waals surface area contributed by atoms with Gasteiger partial charge in [-0.25, -0.2) is 4.79 Å². The van der Waals surface area contributed by atoms with Crippen molar-refractivity contribution in [1.29, 1.82) is 0 Å². The van der Waals surface area contributed by atoms with Crippen molar-refractivity contribution < 1.29 is 4.79 Å². The number of carbonyl (C=O) groups excluding carboxylic acids is 1. The fourth-order valence-electron chi connectivity index (χ4n) is 4.04. The third-order valence-corrected chi connectivity index (χ3v) is 6.80. The summed E-state index contributed by atoms with van der Waals surface area (Å²) in [5, 5.41) is 5.46. The summed E-state index contributed by atoms with van der Waals surface area (Å²) in [6, 6.07) is 11.1. The maximum Gasteiger partial charge on any atom is 0.329 e. The highest BCUT2D eigenvalue weighted by atomic mass is 32.1. The fourth-order valence-corrected chi connectivity index (χ4v) is 4.90. The predicted molar refractivity (Wildman–Crippen MR) is 119 cm³/mol. The van der Waals surface area contributed by atoms with Gasteiger partial charge in [0, 0.05) is 11.4 Å². The van der Waals surface area contributed by atoms with Crippen molar-refractivity contribution in [2.45, 2.75) is 32.4 Å². The van der Waals surface area contributed by atoms with Gasteiger partial charge in [0.15, 0.2) is 0 Å². The van der Waals surface area contributed by atoms with Gasteiger partial charge in [-0.05, 0) is 55.4 Å². The molecule has 0 radical (unpaired) electrons. The molecule has 0 aliphatic carbocycles. The predicted octanol–water partition coefficient (Wildman–Crippen LogP) is 2.34. The molecule has 8 heteroatoms. The van der Waals surface area contributed by atoms with Gasteiger partial charge < -0.3 is 5.32 Å². The van der Waals surface area contributed by atoms with E-state index in [9.17, 15) is 14.4 Å². The largest absolute Gasteiger partial charge is 0.353 e. The zero-order valence-corrected chi connectivity index (χ0v) is 17.8. The normalized spacial score (nSPS) is 16.6. The van der Waals surface area contributed by atoms with Crippen molar-refractivity contribution in [2.75, 3.05) is 19.6 Å². The van der Waals surface area contributed by atoms with E-state index in [1.807, 2.05) is 6.07 Å². The second-order valence-electron chi connectivity index (χ2n) is 7.92. The number of nitrogens with zero attached hydrogens (tertiary/aromatic N) is 2. The zero-order valence-electron chi connectivity index (χ0n) is 17.0. The molecule has 4 rings (SSSR count). The van der Waals surface area contributed by atoms with Crippen molar-refractivity contribution in [1.82, 2.24) is 19.8 Å². The molecule has 3 heterocycles. The van der Waals surface area contributed by atoms with Crippen molar-refractivity contribution >= 4 is 28.1 Å². The van der Waals surface area contributed by atoms with Gasteiger partial charge in [0.1, 0.15) is 6.54 Å². The Morgan fingerprint density at radius 2 is 1.97 bits per heavy atom. The van der Waals surface area contributed by atoms with Crippen molar-refractivity contribution in [3.63, 3.8) is 0 Å². The van der Waals surface area contributed by atoms with E-state index in [0.717, 1.165) is 31.8 Å². The molecule has 1 atom stereocenters. The van der Waals surface area contributed by atoms with Crippen molar-refractivity contribution in [2.24, 2.45) is 5.92 Å².